The minimum absolute atomic E-state index is 0.0384. The number of nitrogens with zero attached hydrogens (tertiary/aromatic N) is 2. The van der Waals surface area contributed by atoms with Gasteiger partial charge in [0.2, 0.25) is 0 Å². The van der Waals surface area contributed by atoms with Crippen molar-refractivity contribution < 1.29 is 4.79 Å². The van der Waals surface area contributed by atoms with Gasteiger partial charge in [-0.2, -0.15) is 0 Å². The number of urea groups is 1. The van der Waals surface area contributed by atoms with E-state index in [9.17, 15) is 4.79 Å². The topological polar surface area (TPSA) is 61.0 Å². The zero-order valence-electron chi connectivity index (χ0n) is 14.2. The van der Waals surface area contributed by atoms with Gasteiger partial charge >= 0.3 is 6.03 Å². The molecular weight excluding hydrogens is 336 g/mol. The maximum absolute atomic E-state index is 12.6. The van der Waals surface area contributed by atoms with Crippen LogP contribution in [0, 0.1) is 0 Å². The van der Waals surface area contributed by atoms with Crippen LogP contribution >= 0.6 is 11.6 Å². The minimum Gasteiger partial charge on any atom is -0.348 e. The summed E-state index contributed by atoms with van der Waals surface area (Å²) in [6.45, 7) is 2.24. The molecule has 1 aliphatic carbocycles. The SMILES string of the molecule is O=C(NCC1(c2ccc(Cl)cc2)CC1)N1CCC[C@H](c2ncc[nH]2)C1. The van der Waals surface area contributed by atoms with Crippen LogP contribution in [0.3, 0.4) is 0 Å². The first-order valence-corrected chi connectivity index (χ1v) is 9.32. The number of halogens is 1. The molecule has 1 aliphatic heterocycles. The summed E-state index contributed by atoms with van der Waals surface area (Å²) in [5, 5.41) is 3.91. The second-order valence-corrected chi connectivity index (χ2v) is 7.64. The molecule has 132 valence electrons. The van der Waals surface area contributed by atoms with Crippen molar-refractivity contribution in [2.24, 2.45) is 0 Å². The van der Waals surface area contributed by atoms with E-state index in [1.54, 1.807) is 6.20 Å². The number of benzene rings is 1. The van der Waals surface area contributed by atoms with Crippen molar-refractivity contribution in [3.63, 3.8) is 0 Å². The monoisotopic (exact) mass is 358 g/mol. The fraction of sp³-hybridized carbons (Fsp3) is 0.474. The van der Waals surface area contributed by atoms with E-state index in [0.29, 0.717) is 12.5 Å². The van der Waals surface area contributed by atoms with Gasteiger partial charge in [0.15, 0.2) is 0 Å². The average Bonchev–Trinajstić information content (AvgIpc) is 3.23. The lowest BCUT2D eigenvalue weighted by Crippen LogP contribution is -2.47. The molecule has 0 radical (unpaired) electrons. The molecule has 1 aromatic heterocycles. The molecule has 2 N–H and O–H groups in total. The van der Waals surface area contributed by atoms with Crippen LogP contribution in [-0.4, -0.2) is 40.5 Å². The van der Waals surface area contributed by atoms with Crippen molar-refractivity contribution >= 4 is 17.6 Å². The number of aromatic nitrogens is 2. The largest absolute Gasteiger partial charge is 0.348 e. The summed E-state index contributed by atoms with van der Waals surface area (Å²) in [5.41, 5.74) is 1.36. The number of imidazole rings is 1. The van der Waals surface area contributed by atoms with Gasteiger partial charge in [-0.05, 0) is 43.4 Å². The number of rotatable bonds is 4. The Hall–Kier alpha value is -2.01. The number of nitrogens with one attached hydrogen (secondary N) is 2. The molecular formula is C19H23ClN4O. The van der Waals surface area contributed by atoms with Gasteiger partial charge in [-0.1, -0.05) is 23.7 Å². The quantitative estimate of drug-likeness (QED) is 0.875. The first kappa shape index (κ1) is 16.5. The van der Waals surface area contributed by atoms with Gasteiger partial charge in [-0.15, -0.1) is 0 Å². The van der Waals surface area contributed by atoms with E-state index < -0.39 is 0 Å². The van der Waals surface area contributed by atoms with Crippen LogP contribution in [0.25, 0.3) is 0 Å². The smallest absolute Gasteiger partial charge is 0.317 e. The highest BCUT2D eigenvalue weighted by molar-refractivity contribution is 6.30. The maximum atomic E-state index is 12.6. The molecule has 4 rings (SSSR count). The molecule has 1 saturated carbocycles. The Bertz CT molecular complexity index is 724. The van der Waals surface area contributed by atoms with Crippen molar-refractivity contribution in [1.29, 1.82) is 0 Å². The van der Waals surface area contributed by atoms with Crippen molar-refractivity contribution in [1.82, 2.24) is 20.2 Å². The van der Waals surface area contributed by atoms with E-state index in [4.69, 9.17) is 11.6 Å². The Morgan fingerprint density at radius 2 is 2.16 bits per heavy atom. The molecule has 1 saturated heterocycles. The van der Waals surface area contributed by atoms with Gasteiger partial charge < -0.3 is 15.2 Å². The number of amides is 2. The number of carbonyl (C=O) groups is 1. The summed E-state index contributed by atoms with van der Waals surface area (Å²) in [5.74, 6) is 1.29. The summed E-state index contributed by atoms with van der Waals surface area (Å²) < 4.78 is 0. The summed E-state index contributed by atoms with van der Waals surface area (Å²) in [4.78, 5) is 22.1. The number of aromatic amines is 1. The van der Waals surface area contributed by atoms with Crippen molar-refractivity contribution in [2.45, 2.75) is 37.0 Å². The van der Waals surface area contributed by atoms with Gasteiger partial charge in [0, 0.05) is 48.4 Å². The summed E-state index contributed by atoms with van der Waals surface area (Å²) in [6.07, 6.45) is 7.94. The van der Waals surface area contributed by atoms with Crippen LogP contribution in [0.2, 0.25) is 5.02 Å². The highest BCUT2D eigenvalue weighted by Crippen LogP contribution is 2.47. The lowest BCUT2D eigenvalue weighted by Gasteiger charge is -2.32. The van der Waals surface area contributed by atoms with Gasteiger partial charge in [-0.3, -0.25) is 0 Å². The van der Waals surface area contributed by atoms with E-state index in [2.05, 4.69) is 27.4 Å². The van der Waals surface area contributed by atoms with Gasteiger partial charge in [0.05, 0.1) is 0 Å². The number of carbonyl (C=O) groups excluding carboxylic acids is 1. The Labute approximate surface area is 152 Å². The van der Waals surface area contributed by atoms with E-state index in [0.717, 1.165) is 49.6 Å². The third kappa shape index (κ3) is 3.52. The highest BCUT2D eigenvalue weighted by atomic mass is 35.5. The number of likely N-dealkylation sites (tertiary alicyclic amines) is 1. The molecule has 25 heavy (non-hydrogen) atoms. The molecule has 0 spiro atoms. The van der Waals surface area contributed by atoms with E-state index >= 15 is 0 Å². The molecule has 2 fully saturated rings. The molecule has 1 atom stereocenters. The van der Waals surface area contributed by atoms with E-state index in [-0.39, 0.29) is 11.4 Å². The Balaban J connectivity index is 1.35. The zero-order chi connectivity index (χ0) is 17.3. The van der Waals surface area contributed by atoms with Crippen LogP contribution in [-0.2, 0) is 5.41 Å². The maximum Gasteiger partial charge on any atom is 0.317 e. The second-order valence-electron chi connectivity index (χ2n) is 7.21. The third-order valence-electron chi connectivity index (χ3n) is 5.50. The molecule has 0 bridgehead atoms. The minimum atomic E-state index is 0.0384. The van der Waals surface area contributed by atoms with E-state index in [1.807, 2.05) is 23.2 Å². The first-order chi connectivity index (χ1) is 12.2. The molecule has 2 heterocycles. The molecule has 2 aromatic rings. The van der Waals surface area contributed by atoms with Crippen molar-refractivity contribution in [3.8, 4) is 0 Å². The van der Waals surface area contributed by atoms with Crippen molar-refractivity contribution in [2.75, 3.05) is 19.6 Å². The first-order valence-electron chi connectivity index (χ1n) is 8.94. The summed E-state index contributed by atoms with van der Waals surface area (Å²) in [6, 6.07) is 8.05. The summed E-state index contributed by atoms with van der Waals surface area (Å²) in [7, 11) is 0. The van der Waals surface area contributed by atoms with Gasteiger partial charge in [-0.25, -0.2) is 9.78 Å². The predicted octanol–water partition coefficient (Wildman–Crippen LogP) is 3.68. The fourth-order valence-corrected chi connectivity index (χ4v) is 3.89. The van der Waals surface area contributed by atoms with Crippen LogP contribution in [0.15, 0.2) is 36.7 Å². The van der Waals surface area contributed by atoms with Gasteiger partial charge in [0.1, 0.15) is 5.82 Å². The normalized spacial score (nSPS) is 21.8. The number of hydrogen-bond acceptors (Lipinski definition) is 2. The standard InChI is InChI=1S/C19H23ClN4O/c20-16-5-3-15(4-6-16)19(7-8-19)13-23-18(25)24-11-1-2-14(12-24)17-21-9-10-22-17/h3-6,9-10,14H,1-2,7-8,11-13H2,(H,21,22)(H,23,25)/t14-/m0/s1. The molecule has 5 nitrogen and oxygen atoms in total. The van der Waals surface area contributed by atoms with Crippen LogP contribution in [0.1, 0.15) is 43.0 Å². The fourth-order valence-electron chi connectivity index (χ4n) is 3.76. The average molecular weight is 359 g/mol. The summed E-state index contributed by atoms with van der Waals surface area (Å²) >= 11 is 5.98. The number of H-pyrrole nitrogens is 1. The van der Waals surface area contributed by atoms with Crippen LogP contribution < -0.4 is 5.32 Å². The zero-order valence-corrected chi connectivity index (χ0v) is 14.9. The molecule has 1 aromatic carbocycles. The lowest BCUT2D eigenvalue weighted by atomic mass is 9.96. The van der Waals surface area contributed by atoms with Crippen LogP contribution in [0.4, 0.5) is 4.79 Å². The molecule has 2 amide bonds. The second kappa shape index (κ2) is 6.71. The number of hydrogen-bond donors (Lipinski definition) is 2. The lowest BCUT2D eigenvalue weighted by molar-refractivity contribution is 0.177. The Morgan fingerprint density at radius 3 is 2.84 bits per heavy atom. The van der Waals surface area contributed by atoms with Gasteiger partial charge in [0.25, 0.3) is 0 Å². The molecule has 6 heteroatoms. The Morgan fingerprint density at radius 1 is 1.36 bits per heavy atom. The van der Waals surface area contributed by atoms with Crippen molar-refractivity contribution in [3.05, 3.63) is 53.1 Å². The molecule has 0 unspecified atom stereocenters. The predicted molar refractivity (Wildman–Crippen MR) is 97.9 cm³/mol. The molecule has 2 aliphatic rings. The highest BCUT2D eigenvalue weighted by Gasteiger charge is 2.44. The number of piperidine rings is 1. The third-order valence-corrected chi connectivity index (χ3v) is 5.75. The van der Waals surface area contributed by atoms with E-state index in [1.165, 1.54) is 5.56 Å². The Kier molecular flexibility index (Phi) is 4.42. The van der Waals surface area contributed by atoms with Crippen LogP contribution in [0.5, 0.6) is 0 Å².